The molecule has 0 aromatic heterocycles. The predicted molar refractivity (Wildman–Crippen MR) is 103 cm³/mol. The van der Waals surface area contributed by atoms with E-state index in [1.54, 1.807) is 24.3 Å². The number of nitrogens with one attached hydrogen (secondary N) is 1. The van der Waals surface area contributed by atoms with Crippen LogP contribution in [-0.4, -0.2) is 47.4 Å². The molecular formula is C18H22N2O5S2. The zero-order chi connectivity index (χ0) is 19.5. The lowest BCUT2D eigenvalue weighted by Crippen LogP contribution is -2.40. The Morgan fingerprint density at radius 1 is 0.889 bits per heavy atom. The van der Waals surface area contributed by atoms with Gasteiger partial charge in [-0.1, -0.05) is 19.1 Å². The average Bonchev–Trinajstić information content (AvgIpc) is 2.69. The summed E-state index contributed by atoms with van der Waals surface area (Å²) in [4.78, 5) is 0.282. The minimum absolute atomic E-state index is 0.125. The Labute approximate surface area is 160 Å². The molecule has 0 bridgehead atoms. The van der Waals surface area contributed by atoms with Crippen LogP contribution in [0, 0.1) is 0 Å². The highest BCUT2D eigenvalue weighted by Crippen LogP contribution is 2.21. The molecule has 9 heteroatoms. The highest BCUT2D eigenvalue weighted by atomic mass is 32.2. The smallest absolute Gasteiger partial charge is 0.261 e. The molecule has 2 aromatic carbocycles. The fourth-order valence-electron chi connectivity index (χ4n) is 2.75. The maximum atomic E-state index is 12.6. The lowest BCUT2D eigenvalue weighted by atomic mass is 10.2. The first-order valence-corrected chi connectivity index (χ1v) is 11.5. The average molecular weight is 411 g/mol. The number of hydrogen-bond acceptors (Lipinski definition) is 5. The fourth-order valence-corrected chi connectivity index (χ4v) is 5.22. The highest BCUT2D eigenvalue weighted by Gasteiger charge is 2.26. The summed E-state index contributed by atoms with van der Waals surface area (Å²) in [6.45, 7) is 3.35. The van der Waals surface area contributed by atoms with Crippen molar-refractivity contribution in [1.82, 2.24) is 4.31 Å². The Hall–Kier alpha value is -1.94. The van der Waals surface area contributed by atoms with Crippen LogP contribution in [0.5, 0.6) is 0 Å². The van der Waals surface area contributed by atoms with Gasteiger partial charge in [0.2, 0.25) is 10.0 Å². The van der Waals surface area contributed by atoms with Crippen molar-refractivity contribution in [3.8, 4) is 0 Å². The molecule has 1 saturated heterocycles. The summed E-state index contributed by atoms with van der Waals surface area (Å²) in [5.74, 6) is 0. The second kappa shape index (κ2) is 7.97. The van der Waals surface area contributed by atoms with Crippen LogP contribution in [0.1, 0.15) is 12.5 Å². The predicted octanol–water partition coefficient (Wildman–Crippen LogP) is 2.07. The molecule has 146 valence electrons. The van der Waals surface area contributed by atoms with Gasteiger partial charge in [0, 0.05) is 18.8 Å². The van der Waals surface area contributed by atoms with Crippen molar-refractivity contribution in [2.24, 2.45) is 0 Å². The molecule has 3 rings (SSSR count). The Morgan fingerprint density at radius 2 is 1.44 bits per heavy atom. The number of anilines is 1. The Balaban J connectivity index is 1.76. The summed E-state index contributed by atoms with van der Waals surface area (Å²) >= 11 is 0. The first-order chi connectivity index (χ1) is 12.8. The third-order valence-electron chi connectivity index (χ3n) is 4.36. The van der Waals surface area contributed by atoms with Crippen molar-refractivity contribution in [2.75, 3.05) is 31.0 Å². The van der Waals surface area contributed by atoms with E-state index in [1.165, 1.54) is 28.6 Å². The number of nitrogens with zero attached hydrogens (tertiary/aromatic N) is 1. The summed E-state index contributed by atoms with van der Waals surface area (Å²) in [6, 6.07) is 12.4. The zero-order valence-corrected chi connectivity index (χ0v) is 16.6. The van der Waals surface area contributed by atoms with Crippen molar-refractivity contribution in [1.29, 1.82) is 0 Å². The largest absolute Gasteiger partial charge is 0.379 e. The third-order valence-corrected chi connectivity index (χ3v) is 7.67. The number of benzene rings is 2. The molecule has 1 heterocycles. The minimum atomic E-state index is -3.73. The van der Waals surface area contributed by atoms with Gasteiger partial charge in [-0.2, -0.15) is 4.31 Å². The number of hydrogen-bond donors (Lipinski definition) is 1. The second-order valence-corrected chi connectivity index (χ2v) is 9.76. The van der Waals surface area contributed by atoms with Crippen LogP contribution in [0.4, 0.5) is 5.69 Å². The maximum Gasteiger partial charge on any atom is 0.261 e. The number of aryl methyl sites for hydroxylation is 1. The normalized spacial score (nSPS) is 16.2. The summed E-state index contributed by atoms with van der Waals surface area (Å²) in [5.41, 5.74) is 1.35. The molecule has 1 fully saturated rings. The van der Waals surface area contributed by atoms with Crippen LogP contribution in [0.3, 0.4) is 0 Å². The SMILES string of the molecule is CCc1ccc(S(=O)(=O)Nc2ccc(S(=O)(=O)N3CCOCC3)cc2)cc1. The molecule has 0 radical (unpaired) electrons. The van der Waals surface area contributed by atoms with E-state index in [0.29, 0.717) is 32.0 Å². The van der Waals surface area contributed by atoms with E-state index in [2.05, 4.69) is 4.72 Å². The van der Waals surface area contributed by atoms with Crippen LogP contribution in [-0.2, 0) is 31.2 Å². The standard InChI is InChI=1S/C18H22N2O5S2/c1-2-15-3-7-17(8-4-15)26(21,22)19-16-5-9-18(10-6-16)27(23,24)20-11-13-25-14-12-20/h3-10,19H,2,11-14H2,1H3. The molecule has 1 aliphatic rings. The molecule has 1 N–H and O–H groups in total. The number of ether oxygens (including phenoxy) is 1. The number of sulfonamides is 2. The Kier molecular flexibility index (Phi) is 5.85. The first kappa shape index (κ1) is 19.8. The second-order valence-electron chi connectivity index (χ2n) is 6.14. The Bertz CT molecular complexity index is 979. The van der Waals surface area contributed by atoms with Gasteiger partial charge in [-0.15, -0.1) is 0 Å². The van der Waals surface area contributed by atoms with Gasteiger partial charge in [0.1, 0.15) is 0 Å². The summed E-state index contributed by atoms with van der Waals surface area (Å²) < 4.78 is 59.2. The van der Waals surface area contributed by atoms with Gasteiger partial charge in [0.05, 0.1) is 23.0 Å². The Morgan fingerprint density at radius 3 is 2.00 bits per heavy atom. The van der Waals surface area contributed by atoms with Crippen molar-refractivity contribution in [2.45, 2.75) is 23.1 Å². The van der Waals surface area contributed by atoms with Gasteiger partial charge in [-0.05, 0) is 48.4 Å². The van der Waals surface area contributed by atoms with Crippen LogP contribution >= 0.6 is 0 Å². The molecule has 0 saturated carbocycles. The summed E-state index contributed by atoms with van der Waals surface area (Å²) in [5, 5.41) is 0. The van der Waals surface area contributed by atoms with Gasteiger partial charge in [-0.3, -0.25) is 4.72 Å². The molecule has 2 aromatic rings. The summed E-state index contributed by atoms with van der Waals surface area (Å²) in [6.07, 6.45) is 0.826. The molecular weight excluding hydrogens is 388 g/mol. The van der Waals surface area contributed by atoms with E-state index in [1.807, 2.05) is 6.92 Å². The van der Waals surface area contributed by atoms with Gasteiger partial charge < -0.3 is 4.74 Å². The molecule has 0 unspecified atom stereocenters. The van der Waals surface area contributed by atoms with Crippen LogP contribution in [0.2, 0.25) is 0 Å². The van der Waals surface area contributed by atoms with Crippen molar-refractivity contribution < 1.29 is 21.6 Å². The third kappa shape index (κ3) is 4.49. The van der Waals surface area contributed by atoms with E-state index in [9.17, 15) is 16.8 Å². The molecule has 1 aliphatic heterocycles. The topological polar surface area (TPSA) is 92.8 Å². The number of morpholine rings is 1. The van der Waals surface area contributed by atoms with Crippen LogP contribution in [0.25, 0.3) is 0 Å². The van der Waals surface area contributed by atoms with Gasteiger partial charge in [0.25, 0.3) is 10.0 Å². The van der Waals surface area contributed by atoms with E-state index in [-0.39, 0.29) is 9.79 Å². The zero-order valence-electron chi connectivity index (χ0n) is 15.0. The molecule has 0 spiro atoms. The van der Waals surface area contributed by atoms with E-state index >= 15 is 0 Å². The quantitative estimate of drug-likeness (QED) is 0.787. The van der Waals surface area contributed by atoms with E-state index in [0.717, 1.165) is 12.0 Å². The molecule has 0 amide bonds. The lowest BCUT2D eigenvalue weighted by molar-refractivity contribution is 0.0730. The minimum Gasteiger partial charge on any atom is -0.379 e. The van der Waals surface area contributed by atoms with Crippen LogP contribution in [0.15, 0.2) is 58.3 Å². The fraction of sp³-hybridized carbons (Fsp3) is 0.333. The van der Waals surface area contributed by atoms with Crippen molar-refractivity contribution in [3.63, 3.8) is 0 Å². The molecule has 0 aliphatic carbocycles. The van der Waals surface area contributed by atoms with Gasteiger partial charge >= 0.3 is 0 Å². The monoisotopic (exact) mass is 410 g/mol. The number of rotatable bonds is 6. The van der Waals surface area contributed by atoms with Crippen LogP contribution < -0.4 is 4.72 Å². The molecule has 7 nitrogen and oxygen atoms in total. The highest BCUT2D eigenvalue weighted by molar-refractivity contribution is 7.92. The summed E-state index contributed by atoms with van der Waals surface area (Å²) in [7, 11) is -7.34. The van der Waals surface area contributed by atoms with E-state index < -0.39 is 20.0 Å². The van der Waals surface area contributed by atoms with Crippen molar-refractivity contribution >= 4 is 25.7 Å². The van der Waals surface area contributed by atoms with Gasteiger partial charge in [-0.25, -0.2) is 16.8 Å². The molecule has 0 atom stereocenters. The molecule has 27 heavy (non-hydrogen) atoms. The van der Waals surface area contributed by atoms with Gasteiger partial charge in [0.15, 0.2) is 0 Å². The van der Waals surface area contributed by atoms with Crippen molar-refractivity contribution in [3.05, 3.63) is 54.1 Å². The first-order valence-electron chi connectivity index (χ1n) is 8.62. The van der Waals surface area contributed by atoms with E-state index in [4.69, 9.17) is 4.74 Å². The lowest BCUT2D eigenvalue weighted by Gasteiger charge is -2.26. The maximum absolute atomic E-state index is 12.6.